The first kappa shape index (κ1) is 14.9. The summed E-state index contributed by atoms with van der Waals surface area (Å²) in [6, 6.07) is 1.71. The van der Waals surface area contributed by atoms with E-state index in [1.54, 1.807) is 0 Å². The van der Waals surface area contributed by atoms with Gasteiger partial charge in [-0.05, 0) is 0 Å². The van der Waals surface area contributed by atoms with Crippen LogP contribution in [0.5, 0.6) is 0 Å². The molecular formula is C11H6F6N4. The first-order chi connectivity index (χ1) is 9.66. The van der Waals surface area contributed by atoms with Gasteiger partial charge in [-0.2, -0.15) is 13.2 Å². The minimum atomic E-state index is -4.88. The van der Waals surface area contributed by atoms with Gasteiger partial charge in [-0.3, -0.25) is 0 Å². The first-order valence-electron chi connectivity index (χ1n) is 5.30. The summed E-state index contributed by atoms with van der Waals surface area (Å²) >= 11 is 0. The lowest BCUT2D eigenvalue weighted by molar-refractivity contribution is -0.144. The Morgan fingerprint density at radius 3 is 2.29 bits per heavy atom. The molecule has 0 saturated carbocycles. The van der Waals surface area contributed by atoms with E-state index in [9.17, 15) is 26.3 Å². The summed E-state index contributed by atoms with van der Waals surface area (Å²) < 4.78 is 76.8. The van der Waals surface area contributed by atoms with Gasteiger partial charge >= 0.3 is 6.18 Å². The van der Waals surface area contributed by atoms with Crippen molar-refractivity contribution < 1.29 is 26.3 Å². The van der Waals surface area contributed by atoms with E-state index in [1.807, 2.05) is 5.32 Å². The van der Waals surface area contributed by atoms with Gasteiger partial charge in [-0.25, -0.2) is 23.1 Å². The summed E-state index contributed by atoms with van der Waals surface area (Å²) in [7, 11) is 0. The van der Waals surface area contributed by atoms with E-state index >= 15 is 0 Å². The average Bonchev–Trinajstić information content (AvgIpc) is 2.33. The van der Waals surface area contributed by atoms with Gasteiger partial charge in [0.1, 0.15) is 17.5 Å². The van der Waals surface area contributed by atoms with Crippen molar-refractivity contribution in [2.45, 2.75) is 6.18 Å². The summed E-state index contributed by atoms with van der Waals surface area (Å²) in [6.07, 6.45) is -4.88. The Balaban J connectivity index is 2.43. The largest absolute Gasteiger partial charge is 0.451 e. The number of nitrogen functional groups attached to an aromatic ring is 1. The van der Waals surface area contributed by atoms with Crippen molar-refractivity contribution in [1.29, 1.82) is 0 Å². The fourth-order valence-corrected chi connectivity index (χ4v) is 1.44. The number of benzene rings is 1. The van der Waals surface area contributed by atoms with Crippen LogP contribution in [0.1, 0.15) is 5.82 Å². The Bertz CT molecular complexity index is 685. The Morgan fingerprint density at radius 2 is 1.67 bits per heavy atom. The number of nitrogens with two attached hydrogens (primary N) is 1. The fourth-order valence-electron chi connectivity index (χ4n) is 1.44. The second-order valence-corrected chi connectivity index (χ2v) is 3.87. The highest BCUT2D eigenvalue weighted by Gasteiger charge is 2.35. The van der Waals surface area contributed by atoms with Gasteiger partial charge in [0.2, 0.25) is 5.82 Å². The predicted molar refractivity (Wildman–Crippen MR) is 61.0 cm³/mol. The van der Waals surface area contributed by atoms with Crippen LogP contribution in [0.15, 0.2) is 18.2 Å². The van der Waals surface area contributed by atoms with E-state index < -0.39 is 46.8 Å². The number of hydrogen-bond acceptors (Lipinski definition) is 4. The van der Waals surface area contributed by atoms with Crippen LogP contribution in [0.25, 0.3) is 0 Å². The first-order valence-corrected chi connectivity index (χ1v) is 5.30. The molecule has 1 aromatic carbocycles. The summed E-state index contributed by atoms with van der Waals surface area (Å²) in [6.45, 7) is 0. The third-order valence-electron chi connectivity index (χ3n) is 2.26. The Hall–Kier alpha value is -2.52. The van der Waals surface area contributed by atoms with Crippen LogP contribution in [0.4, 0.5) is 43.7 Å². The number of aromatic nitrogens is 2. The van der Waals surface area contributed by atoms with Gasteiger partial charge in [-0.1, -0.05) is 0 Å². The standard InChI is InChI=1S/C11H6F6N4/c12-4-1-5(13)9(14)6(2-4)19-8-3-7(18)20-10(21-8)11(15,16)17/h1-3H,(H3,18,19,20,21). The van der Waals surface area contributed by atoms with Gasteiger partial charge in [0.15, 0.2) is 11.6 Å². The van der Waals surface area contributed by atoms with E-state index in [-0.39, 0.29) is 6.07 Å². The molecule has 1 aromatic heterocycles. The maximum Gasteiger partial charge on any atom is 0.451 e. The number of hydrogen-bond donors (Lipinski definition) is 2. The molecule has 2 aromatic rings. The highest BCUT2D eigenvalue weighted by atomic mass is 19.4. The molecule has 0 atom stereocenters. The van der Waals surface area contributed by atoms with Gasteiger partial charge in [0.05, 0.1) is 5.69 Å². The third-order valence-corrected chi connectivity index (χ3v) is 2.26. The molecule has 0 radical (unpaired) electrons. The molecular weight excluding hydrogens is 302 g/mol. The van der Waals surface area contributed by atoms with Crippen molar-refractivity contribution in [2.75, 3.05) is 11.1 Å². The second-order valence-electron chi connectivity index (χ2n) is 3.87. The van der Waals surface area contributed by atoms with Crippen molar-refractivity contribution in [3.05, 3.63) is 41.5 Å². The number of halogens is 6. The molecule has 0 fully saturated rings. The molecule has 0 amide bonds. The molecule has 2 rings (SSSR count). The average molecular weight is 308 g/mol. The number of alkyl halides is 3. The van der Waals surface area contributed by atoms with Crippen molar-refractivity contribution in [3.63, 3.8) is 0 Å². The molecule has 0 saturated heterocycles. The summed E-state index contributed by atoms with van der Waals surface area (Å²) in [5, 5.41) is 2.02. The van der Waals surface area contributed by atoms with E-state index in [1.165, 1.54) is 0 Å². The lowest BCUT2D eigenvalue weighted by Crippen LogP contribution is -2.14. The Kier molecular flexibility index (Phi) is 3.62. The van der Waals surface area contributed by atoms with Gasteiger partial charge in [0.25, 0.3) is 0 Å². The molecule has 0 aliphatic carbocycles. The zero-order valence-electron chi connectivity index (χ0n) is 9.97. The van der Waals surface area contributed by atoms with Crippen LogP contribution in [-0.4, -0.2) is 9.97 Å². The quantitative estimate of drug-likeness (QED) is 0.660. The van der Waals surface area contributed by atoms with Crippen LogP contribution < -0.4 is 11.1 Å². The monoisotopic (exact) mass is 308 g/mol. The zero-order chi connectivity index (χ0) is 15.8. The Morgan fingerprint density at radius 1 is 1.00 bits per heavy atom. The minimum absolute atomic E-state index is 0.288. The molecule has 0 aliphatic rings. The number of rotatable bonds is 2. The predicted octanol–water partition coefficient (Wildman–Crippen LogP) is 3.24. The molecule has 10 heteroatoms. The zero-order valence-corrected chi connectivity index (χ0v) is 9.97. The molecule has 1 heterocycles. The van der Waals surface area contributed by atoms with E-state index in [0.717, 1.165) is 6.07 Å². The van der Waals surface area contributed by atoms with Crippen LogP contribution in [0.3, 0.4) is 0 Å². The van der Waals surface area contributed by atoms with Crippen LogP contribution >= 0.6 is 0 Å². The van der Waals surface area contributed by atoms with Gasteiger partial charge < -0.3 is 11.1 Å². The number of anilines is 3. The topological polar surface area (TPSA) is 63.8 Å². The van der Waals surface area contributed by atoms with Crippen molar-refractivity contribution in [1.82, 2.24) is 9.97 Å². The molecule has 0 aliphatic heterocycles. The summed E-state index contributed by atoms with van der Waals surface area (Å²) in [5.41, 5.74) is 4.45. The van der Waals surface area contributed by atoms with Crippen LogP contribution in [-0.2, 0) is 6.18 Å². The van der Waals surface area contributed by atoms with Crippen molar-refractivity contribution in [3.8, 4) is 0 Å². The van der Waals surface area contributed by atoms with Gasteiger partial charge in [-0.15, -0.1) is 0 Å². The number of nitrogens with one attached hydrogen (secondary N) is 1. The fraction of sp³-hybridized carbons (Fsp3) is 0.0909. The maximum absolute atomic E-state index is 13.4. The Labute approximate surface area is 113 Å². The molecule has 21 heavy (non-hydrogen) atoms. The highest BCUT2D eigenvalue weighted by Crippen LogP contribution is 2.29. The molecule has 3 N–H and O–H groups in total. The minimum Gasteiger partial charge on any atom is -0.384 e. The van der Waals surface area contributed by atoms with Crippen LogP contribution in [0, 0.1) is 17.5 Å². The summed E-state index contributed by atoms with van der Waals surface area (Å²) in [4.78, 5) is 6.03. The molecule has 0 unspecified atom stereocenters. The molecule has 0 bridgehead atoms. The number of nitrogens with zero attached hydrogens (tertiary/aromatic N) is 2. The van der Waals surface area contributed by atoms with E-state index in [4.69, 9.17) is 5.73 Å². The normalized spacial score (nSPS) is 11.5. The molecule has 0 spiro atoms. The van der Waals surface area contributed by atoms with Crippen molar-refractivity contribution in [2.24, 2.45) is 0 Å². The second kappa shape index (κ2) is 5.11. The SMILES string of the molecule is Nc1cc(Nc2cc(F)cc(F)c2F)nc(C(F)(F)F)n1. The highest BCUT2D eigenvalue weighted by molar-refractivity contribution is 5.59. The third kappa shape index (κ3) is 3.33. The maximum atomic E-state index is 13.4. The molecule has 112 valence electrons. The van der Waals surface area contributed by atoms with Gasteiger partial charge in [0, 0.05) is 18.2 Å². The summed E-state index contributed by atoms with van der Waals surface area (Å²) in [5.74, 6) is -6.76. The van der Waals surface area contributed by atoms with Crippen molar-refractivity contribution >= 4 is 17.3 Å². The smallest absolute Gasteiger partial charge is 0.384 e. The molecule has 4 nitrogen and oxygen atoms in total. The lowest BCUT2D eigenvalue weighted by atomic mass is 10.2. The van der Waals surface area contributed by atoms with E-state index in [2.05, 4.69) is 9.97 Å². The van der Waals surface area contributed by atoms with Crippen LogP contribution in [0.2, 0.25) is 0 Å². The van der Waals surface area contributed by atoms with E-state index in [0.29, 0.717) is 6.07 Å². The lowest BCUT2D eigenvalue weighted by Gasteiger charge is -2.11.